The molecule has 0 saturated heterocycles. The number of nitrogens with zero attached hydrogens (tertiary/aromatic N) is 4. The van der Waals surface area contributed by atoms with Crippen molar-refractivity contribution in [1.29, 1.82) is 0 Å². The highest BCUT2D eigenvalue weighted by Gasteiger charge is 2.14. The number of ether oxygens (including phenoxy) is 1. The third kappa shape index (κ3) is 2.97. The molecule has 3 aromatic heterocycles. The molecule has 130 valence electrons. The van der Waals surface area contributed by atoms with Gasteiger partial charge in [0, 0.05) is 12.2 Å². The van der Waals surface area contributed by atoms with Gasteiger partial charge in [0.2, 0.25) is 5.88 Å². The summed E-state index contributed by atoms with van der Waals surface area (Å²) in [4.78, 5) is 8.70. The van der Waals surface area contributed by atoms with Gasteiger partial charge in [-0.3, -0.25) is 0 Å². The maximum atomic E-state index is 5.38. The quantitative estimate of drug-likeness (QED) is 0.593. The fourth-order valence-electron chi connectivity index (χ4n) is 2.93. The van der Waals surface area contributed by atoms with Gasteiger partial charge in [-0.05, 0) is 36.8 Å². The molecule has 0 bridgehead atoms. The summed E-state index contributed by atoms with van der Waals surface area (Å²) in [7, 11) is 1.61. The third-order valence-corrected chi connectivity index (χ3v) is 4.27. The summed E-state index contributed by atoms with van der Waals surface area (Å²) in [6.45, 7) is 2.11. The Hall–Kier alpha value is -3.41. The first-order valence-electron chi connectivity index (χ1n) is 8.42. The molecule has 0 radical (unpaired) electrons. The monoisotopic (exact) mass is 345 g/mol. The van der Waals surface area contributed by atoms with Crippen LogP contribution < -0.4 is 10.1 Å². The lowest BCUT2D eigenvalue weighted by Gasteiger charge is -2.15. The standard InChI is InChI=1S/C20H19N5O/c1-14(15-7-4-3-5-8-15)23-18-10-11-19-22-13-17(25(19)24-18)16-9-6-12-21-20(16)26-2/h3-14H,1-2H3,(H,23,24)/t14-/m0/s1. The highest BCUT2D eigenvalue weighted by atomic mass is 16.5. The SMILES string of the molecule is COc1ncccc1-c1cnc2ccc(N[C@@H](C)c3ccccc3)nn12. The molecule has 1 N–H and O–H groups in total. The summed E-state index contributed by atoms with van der Waals surface area (Å²) in [6.07, 6.45) is 3.49. The summed E-state index contributed by atoms with van der Waals surface area (Å²) < 4.78 is 7.18. The zero-order chi connectivity index (χ0) is 17.9. The predicted octanol–water partition coefficient (Wildman–Crippen LogP) is 3.97. The summed E-state index contributed by atoms with van der Waals surface area (Å²) in [5.74, 6) is 1.32. The third-order valence-electron chi connectivity index (χ3n) is 4.27. The highest BCUT2D eigenvalue weighted by Crippen LogP contribution is 2.28. The molecule has 0 amide bonds. The molecular weight excluding hydrogens is 326 g/mol. The van der Waals surface area contributed by atoms with E-state index in [9.17, 15) is 0 Å². The van der Waals surface area contributed by atoms with E-state index in [4.69, 9.17) is 9.84 Å². The maximum absolute atomic E-state index is 5.38. The highest BCUT2D eigenvalue weighted by molar-refractivity contribution is 5.68. The first-order chi connectivity index (χ1) is 12.8. The number of benzene rings is 1. The first-order valence-corrected chi connectivity index (χ1v) is 8.42. The van der Waals surface area contributed by atoms with Gasteiger partial charge < -0.3 is 10.1 Å². The average molecular weight is 345 g/mol. The molecule has 26 heavy (non-hydrogen) atoms. The lowest BCUT2D eigenvalue weighted by Crippen LogP contribution is -2.09. The van der Waals surface area contributed by atoms with Gasteiger partial charge in [-0.15, -0.1) is 5.10 Å². The molecule has 6 heteroatoms. The molecule has 1 atom stereocenters. The molecule has 0 unspecified atom stereocenters. The summed E-state index contributed by atoms with van der Waals surface area (Å²) in [5.41, 5.74) is 3.65. The van der Waals surface area contributed by atoms with Crippen LogP contribution in [0.2, 0.25) is 0 Å². The summed E-state index contributed by atoms with van der Waals surface area (Å²) in [5, 5.41) is 8.15. The van der Waals surface area contributed by atoms with Crippen molar-refractivity contribution in [2.75, 3.05) is 12.4 Å². The number of pyridine rings is 1. The fraction of sp³-hybridized carbons (Fsp3) is 0.150. The molecule has 4 rings (SSSR count). The molecule has 4 aromatic rings. The normalized spacial score (nSPS) is 12.1. The minimum atomic E-state index is 0.140. The second-order valence-electron chi connectivity index (χ2n) is 5.97. The Bertz CT molecular complexity index is 1030. The summed E-state index contributed by atoms with van der Waals surface area (Å²) in [6, 6.07) is 18.1. The number of anilines is 1. The molecular formula is C20H19N5O. The van der Waals surface area contributed by atoms with Gasteiger partial charge in [-0.25, -0.2) is 14.5 Å². The van der Waals surface area contributed by atoms with Crippen molar-refractivity contribution in [2.24, 2.45) is 0 Å². The predicted molar refractivity (Wildman–Crippen MR) is 101 cm³/mol. The minimum Gasteiger partial charge on any atom is -0.481 e. The fourth-order valence-corrected chi connectivity index (χ4v) is 2.93. The lowest BCUT2D eigenvalue weighted by atomic mass is 10.1. The smallest absolute Gasteiger partial charge is 0.222 e. The van der Waals surface area contributed by atoms with Gasteiger partial charge in [0.1, 0.15) is 5.82 Å². The van der Waals surface area contributed by atoms with Crippen molar-refractivity contribution in [2.45, 2.75) is 13.0 Å². The molecule has 0 spiro atoms. The van der Waals surface area contributed by atoms with Crippen molar-refractivity contribution in [1.82, 2.24) is 19.6 Å². The number of hydrogen-bond acceptors (Lipinski definition) is 5. The zero-order valence-electron chi connectivity index (χ0n) is 14.6. The van der Waals surface area contributed by atoms with Crippen LogP contribution in [-0.2, 0) is 0 Å². The van der Waals surface area contributed by atoms with E-state index in [0.717, 1.165) is 22.7 Å². The van der Waals surface area contributed by atoms with Gasteiger partial charge in [-0.2, -0.15) is 0 Å². The molecule has 0 aliphatic rings. The maximum Gasteiger partial charge on any atom is 0.222 e. The zero-order valence-corrected chi connectivity index (χ0v) is 14.6. The Morgan fingerprint density at radius 3 is 2.65 bits per heavy atom. The number of imidazole rings is 1. The van der Waals surface area contributed by atoms with Crippen LogP contribution in [0.1, 0.15) is 18.5 Å². The van der Waals surface area contributed by atoms with E-state index in [1.807, 2.05) is 42.5 Å². The molecule has 6 nitrogen and oxygen atoms in total. The molecule has 0 aliphatic carbocycles. The van der Waals surface area contributed by atoms with Crippen molar-refractivity contribution < 1.29 is 4.74 Å². The van der Waals surface area contributed by atoms with E-state index in [0.29, 0.717) is 5.88 Å². The number of rotatable bonds is 5. The van der Waals surface area contributed by atoms with E-state index in [-0.39, 0.29) is 6.04 Å². The van der Waals surface area contributed by atoms with Crippen LogP contribution in [0.4, 0.5) is 5.82 Å². The molecule has 1 aromatic carbocycles. The van der Waals surface area contributed by atoms with Crippen LogP contribution in [0.15, 0.2) is 67.0 Å². The van der Waals surface area contributed by atoms with Crippen LogP contribution >= 0.6 is 0 Å². The number of hydrogen-bond donors (Lipinski definition) is 1. The van der Waals surface area contributed by atoms with Crippen LogP contribution in [-0.4, -0.2) is 26.7 Å². The Morgan fingerprint density at radius 1 is 1.00 bits per heavy atom. The van der Waals surface area contributed by atoms with Gasteiger partial charge in [0.05, 0.1) is 24.6 Å². The van der Waals surface area contributed by atoms with Crippen molar-refractivity contribution in [3.63, 3.8) is 0 Å². The van der Waals surface area contributed by atoms with Crippen LogP contribution in [0, 0.1) is 0 Å². The van der Waals surface area contributed by atoms with Crippen LogP contribution in [0.3, 0.4) is 0 Å². The van der Waals surface area contributed by atoms with E-state index < -0.39 is 0 Å². The molecule has 0 aliphatic heterocycles. The lowest BCUT2D eigenvalue weighted by molar-refractivity contribution is 0.399. The van der Waals surface area contributed by atoms with E-state index in [2.05, 4.69) is 34.3 Å². The second-order valence-corrected chi connectivity index (χ2v) is 5.97. The Balaban J connectivity index is 1.71. The van der Waals surface area contributed by atoms with E-state index >= 15 is 0 Å². The largest absolute Gasteiger partial charge is 0.481 e. The molecule has 0 fully saturated rings. The molecule has 0 saturated carbocycles. The average Bonchev–Trinajstić information content (AvgIpc) is 3.11. The Kier molecular flexibility index (Phi) is 4.23. The number of nitrogens with one attached hydrogen (secondary N) is 1. The Labute approximate surface area is 151 Å². The number of fused-ring (bicyclic) bond motifs is 1. The summed E-state index contributed by atoms with van der Waals surface area (Å²) >= 11 is 0. The van der Waals surface area contributed by atoms with E-state index in [1.54, 1.807) is 24.0 Å². The van der Waals surface area contributed by atoms with Crippen LogP contribution in [0.5, 0.6) is 5.88 Å². The molecule has 3 heterocycles. The van der Waals surface area contributed by atoms with Gasteiger partial charge >= 0.3 is 0 Å². The van der Waals surface area contributed by atoms with Crippen molar-refractivity contribution in [3.05, 3.63) is 72.6 Å². The van der Waals surface area contributed by atoms with Gasteiger partial charge in [0.25, 0.3) is 0 Å². The number of methoxy groups -OCH3 is 1. The Morgan fingerprint density at radius 2 is 1.85 bits per heavy atom. The first kappa shape index (κ1) is 16.1. The number of aromatic nitrogens is 4. The van der Waals surface area contributed by atoms with E-state index in [1.165, 1.54) is 5.56 Å². The van der Waals surface area contributed by atoms with Gasteiger partial charge in [0.15, 0.2) is 5.65 Å². The van der Waals surface area contributed by atoms with Crippen molar-refractivity contribution in [3.8, 4) is 17.1 Å². The second kappa shape index (κ2) is 6.84. The minimum absolute atomic E-state index is 0.140. The topological polar surface area (TPSA) is 64.3 Å². The van der Waals surface area contributed by atoms with Crippen molar-refractivity contribution >= 4 is 11.5 Å². The van der Waals surface area contributed by atoms with Crippen LogP contribution in [0.25, 0.3) is 16.9 Å². The van der Waals surface area contributed by atoms with Gasteiger partial charge in [-0.1, -0.05) is 30.3 Å².